The molecule has 1 N–H and O–H groups in total. The summed E-state index contributed by atoms with van der Waals surface area (Å²) in [7, 11) is 0. The van der Waals surface area contributed by atoms with Crippen LogP contribution in [0.25, 0.3) is 5.52 Å². The molecule has 0 aliphatic carbocycles. The molecule has 0 fully saturated rings. The standard InChI is InChI=1S/C14H15N5/c1-10-9-13-14(16-7-8-19(13)18-10)17-11(2)12-3-5-15-6-4-12/h3-9,11H,1-2H3,(H,16,17)/t11-/m1/s1. The van der Waals surface area contributed by atoms with Crippen molar-refractivity contribution in [3.63, 3.8) is 0 Å². The number of hydrogen-bond acceptors (Lipinski definition) is 4. The molecule has 0 saturated heterocycles. The maximum Gasteiger partial charge on any atom is 0.152 e. The van der Waals surface area contributed by atoms with Crippen LogP contribution in [-0.4, -0.2) is 19.6 Å². The molecular weight excluding hydrogens is 238 g/mol. The van der Waals surface area contributed by atoms with Crippen LogP contribution in [0.3, 0.4) is 0 Å². The van der Waals surface area contributed by atoms with E-state index in [9.17, 15) is 0 Å². The topological polar surface area (TPSA) is 55.1 Å². The summed E-state index contributed by atoms with van der Waals surface area (Å²) in [5, 5.41) is 7.80. The first-order chi connectivity index (χ1) is 9.24. The van der Waals surface area contributed by atoms with Crippen molar-refractivity contribution in [1.82, 2.24) is 19.6 Å². The highest BCUT2D eigenvalue weighted by atomic mass is 15.2. The molecule has 5 heteroatoms. The Morgan fingerprint density at radius 3 is 2.79 bits per heavy atom. The molecule has 3 rings (SSSR count). The Labute approximate surface area is 111 Å². The first-order valence-corrected chi connectivity index (χ1v) is 6.21. The quantitative estimate of drug-likeness (QED) is 0.779. The minimum atomic E-state index is 0.164. The third-order valence-corrected chi connectivity index (χ3v) is 3.07. The van der Waals surface area contributed by atoms with E-state index in [1.54, 1.807) is 18.6 Å². The van der Waals surface area contributed by atoms with Crippen LogP contribution in [0.4, 0.5) is 5.82 Å². The Balaban J connectivity index is 1.93. The fraction of sp³-hybridized carbons (Fsp3) is 0.214. The highest BCUT2D eigenvalue weighted by molar-refractivity contribution is 5.68. The number of nitrogens with one attached hydrogen (secondary N) is 1. The maximum absolute atomic E-state index is 4.40. The van der Waals surface area contributed by atoms with Gasteiger partial charge in [-0.15, -0.1) is 0 Å². The third kappa shape index (κ3) is 2.27. The van der Waals surface area contributed by atoms with Crippen LogP contribution in [0, 0.1) is 6.92 Å². The van der Waals surface area contributed by atoms with Crippen molar-refractivity contribution in [1.29, 1.82) is 0 Å². The number of rotatable bonds is 3. The Bertz CT molecular complexity index is 689. The minimum absolute atomic E-state index is 0.164. The normalized spacial score (nSPS) is 12.5. The van der Waals surface area contributed by atoms with Crippen molar-refractivity contribution in [3.8, 4) is 0 Å². The van der Waals surface area contributed by atoms with Crippen molar-refractivity contribution in [2.45, 2.75) is 19.9 Å². The molecule has 96 valence electrons. The Hall–Kier alpha value is -2.43. The molecule has 19 heavy (non-hydrogen) atoms. The van der Waals surface area contributed by atoms with E-state index in [2.05, 4.69) is 27.3 Å². The maximum atomic E-state index is 4.40. The molecule has 1 atom stereocenters. The molecule has 0 aliphatic heterocycles. The molecule has 3 aromatic rings. The molecule has 0 bridgehead atoms. The first-order valence-electron chi connectivity index (χ1n) is 6.21. The molecular formula is C14H15N5. The second kappa shape index (κ2) is 4.68. The lowest BCUT2D eigenvalue weighted by Gasteiger charge is -2.15. The van der Waals surface area contributed by atoms with E-state index in [1.807, 2.05) is 35.8 Å². The smallest absolute Gasteiger partial charge is 0.152 e. The number of aromatic nitrogens is 4. The van der Waals surface area contributed by atoms with Crippen LogP contribution in [0.15, 0.2) is 43.0 Å². The molecule has 3 aromatic heterocycles. The van der Waals surface area contributed by atoms with Gasteiger partial charge < -0.3 is 5.32 Å². The van der Waals surface area contributed by atoms with Gasteiger partial charge in [-0.05, 0) is 37.6 Å². The summed E-state index contributed by atoms with van der Waals surface area (Å²) >= 11 is 0. The molecule has 5 nitrogen and oxygen atoms in total. The van der Waals surface area contributed by atoms with Crippen molar-refractivity contribution in [3.05, 3.63) is 54.2 Å². The van der Waals surface area contributed by atoms with E-state index < -0.39 is 0 Å². The number of anilines is 1. The van der Waals surface area contributed by atoms with Crippen LogP contribution in [0.5, 0.6) is 0 Å². The summed E-state index contributed by atoms with van der Waals surface area (Å²) in [6.07, 6.45) is 7.20. The fourth-order valence-electron chi connectivity index (χ4n) is 2.10. The first kappa shape index (κ1) is 11.6. The summed E-state index contributed by atoms with van der Waals surface area (Å²) in [6.45, 7) is 4.08. The zero-order valence-corrected chi connectivity index (χ0v) is 10.9. The third-order valence-electron chi connectivity index (χ3n) is 3.07. The van der Waals surface area contributed by atoms with Crippen molar-refractivity contribution in [2.24, 2.45) is 0 Å². The Kier molecular flexibility index (Phi) is 2.87. The van der Waals surface area contributed by atoms with E-state index >= 15 is 0 Å². The Morgan fingerprint density at radius 2 is 2.00 bits per heavy atom. The molecule has 0 amide bonds. The van der Waals surface area contributed by atoms with Gasteiger partial charge in [0.2, 0.25) is 0 Å². The van der Waals surface area contributed by atoms with Gasteiger partial charge in [0.25, 0.3) is 0 Å². The minimum Gasteiger partial charge on any atom is -0.362 e. The van der Waals surface area contributed by atoms with Gasteiger partial charge in [-0.25, -0.2) is 9.50 Å². The Morgan fingerprint density at radius 1 is 1.21 bits per heavy atom. The SMILES string of the molecule is Cc1cc2c(N[C@H](C)c3ccncc3)nccn2n1. The molecule has 0 saturated carbocycles. The van der Waals surface area contributed by atoms with Gasteiger partial charge in [0, 0.05) is 24.8 Å². The van der Waals surface area contributed by atoms with Crippen molar-refractivity contribution < 1.29 is 0 Å². The average molecular weight is 253 g/mol. The molecule has 0 spiro atoms. The highest BCUT2D eigenvalue weighted by Gasteiger charge is 2.09. The van der Waals surface area contributed by atoms with E-state index in [4.69, 9.17) is 0 Å². The molecule has 0 aromatic carbocycles. The zero-order valence-electron chi connectivity index (χ0n) is 10.9. The molecule has 3 heterocycles. The highest BCUT2D eigenvalue weighted by Crippen LogP contribution is 2.21. The van der Waals surface area contributed by atoms with Gasteiger partial charge in [-0.2, -0.15) is 5.10 Å². The lowest BCUT2D eigenvalue weighted by Crippen LogP contribution is -2.09. The average Bonchev–Trinajstić information content (AvgIpc) is 2.81. The second-order valence-corrected chi connectivity index (χ2v) is 4.54. The summed E-state index contributed by atoms with van der Waals surface area (Å²) in [4.78, 5) is 8.43. The van der Waals surface area contributed by atoms with Crippen LogP contribution >= 0.6 is 0 Å². The summed E-state index contributed by atoms with van der Waals surface area (Å²) < 4.78 is 1.84. The van der Waals surface area contributed by atoms with Crippen LogP contribution < -0.4 is 5.32 Å². The fourth-order valence-corrected chi connectivity index (χ4v) is 2.10. The van der Waals surface area contributed by atoms with Crippen LogP contribution in [0.2, 0.25) is 0 Å². The number of hydrogen-bond donors (Lipinski definition) is 1. The summed E-state index contributed by atoms with van der Waals surface area (Å²) in [5.74, 6) is 0.840. The molecule has 0 aliphatic rings. The molecule has 0 unspecified atom stereocenters. The van der Waals surface area contributed by atoms with Gasteiger partial charge in [-0.3, -0.25) is 4.98 Å². The van der Waals surface area contributed by atoms with Gasteiger partial charge in [0.15, 0.2) is 5.82 Å². The number of nitrogens with zero attached hydrogens (tertiary/aromatic N) is 4. The zero-order chi connectivity index (χ0) is 13.2. The van der Waals surface area contributed by atoms with Gasteiger partial charge >= 0.3 is 0 Å². The predicted octanol–water partition coefficient (Wildman–Crippen LogP) is 2.61. The van der Waals surface area contributed by atoms with Crippen LogP contribution in [0.1, 0.15) is 24.2 Å². The van der Waals surface area contributed by atoms with E-state index in [-0.39, 0.29) is 6.04 Å². The van der Waals surface area contributed by atoms with E-state index in [0.29, 0.717) is 0 Å². The lowest BCUT2D eigenvalue weighted by atomic mass is 10.1. The van der Waals surface area contributed by atoms with Crippen molar-refractivity contribution >= 4 is 11.3 Å². The monoisotopic (exact) mass is 253 g/mol. The van der Waals surface area contributed by atoms with Gasteiger partial charge in [0.1, 0.15) is 5.52 Å². The summed E-state index contributed by atoms with van der Waals surface area (Å²) in [6, 6.07) is 6.19. The second-order valence-electron chi connectivity index (χ2n) is 4.54. The van der Waals surface area contributed by atoms with Crippen LogP contribution in [-0.2, 0) is 0 Å². The van der Waals surface area contributed by atoms with Gasteiger partial charge in [0.05, 0.1) is 11.7 Å². The number of aryl methyl sites for hydroxylation is 1. The largest absolute Gasteiger partial charge is 0.362 e. The van der Waals surface area contributed by atoms with E-state index in [0.717, 1.165) is 17.0 Å². The van der Waals surface area contributed by atoms with Gasteiger partial charge in [-0.1, -0.05) is 0 Å². The lowest BCUT2D eigenvalue weighted by molar-refractivity contribution is 0.861. The predicted molar refractivity (Wildman–Crippen MR) is 74.0 cm³/mol. The van der Waals surface area contributed by atoms with Crippen molar-refractivity contribution in [2.75, 3.05) is 5.32 Å². The van der Waals surface area contributed by atoms with E-state index in [1.165, 1.54) is 5.56 Å². The number of fused-ring (bicyclic) bond motifs is 1. The molecule has 0 radical (unpaired) electrons. The number of pyridine rings is 1. The summed E-state index contributed by atoms with van der Waals surface area (Å²) in [5.41, 5.74) is 3.14.